The Morgan fingerprint density at radius 1 is 1.25 bits per heavy atom. The van der Waals surface area contributed by atoms with Crippen LogP contribution in [0.3, 0.4) is 0 Å². The van der Waals surface area contributed by atoms with Crippen molar-refractivity contribution in [1.29, 1.82) is 0 Å². The van der Waals surface area contributed by atoms with Gasteiger partial charge in [0.2, 0.25) is 0 Å². The van der Waals surface area contributed by atoms with Gasteiger partial charge in [0.15, 0.2) is 0 Å². The van der Waals surface area contributed by atoms with E-state index in [1.54, 1.807) is 6.07 Å². The number of carbonyl (C=O) groups is 1. The Balaban J connectivity index is 1.37. The molecule has 3 saturated carbocycles. The average molecular weight is 338 g/mol. The van der Waals surface area contributed by atoms with Crippen molar-refractivity contribution in [1.82, 2.24) is 10.6 Å². The first-order valence-corrected chi connectivity index (χ1v) is 8.63. The highest BCUT2D eigenvalue weighted by molar-refractivity contribution is 5.94. The van der Waals surface area contributed by atoms with Gasteiger partial charge in [-0.15, -0.1) is 0 Å². The third kappa shape index (κ3) is 3.43. The van der Waals surface area contributed by atoms with Crippen LogP contribution in [0.5, 0.6) is 0 Å². The zero-order valence-electron chi connectivity index (χ0n) is 13.3. The van der Waals surface area contributed by atoms with E-state index in [0.717, 1.165) is 18.9 Å². The maximum atomic E-state index is 14.1. The van der Waals surface area contributed by atoms with Gasteiger partial charge < -0.3 is 10.6 Å². The quantitative estimate of drug-likeness (QED) is 0.836. The summed E-state index contributed by atoms with van der Waals surface area (Å²) in [6.45, 7) is 0.985. The van der Waals surface area contributed by atoms with Gasteiger partial charge in [0, 0.05) is 36.4 Å². The highest BCUT2D eigenvalue weighted by atomic mass is 19.3. The van der Waals surface area contributed by atoms with Crippen molar-refractivity contribution in [3.63, 3.8) is 0 Å². The molecule has 24 heavy (non-hydrogen) atoms. The second kappa shape index (κ2) is 5.76. The molecule has 0 aromatic heterocycles. The van der Waals surface area contributed by atoms with Crippen molar-refractivity contribution in [2.75, 3.05) is 6.54 Å². The molecule has 3 aliphatic rings. The van der Waals surface area contributed by atoms with E-state index in [2.05, 4.69) is 10.6 Å². The molecule has 0 aliphatic heterocycles. The number of alkyl halides is 2. The molecule has 130 valence electrons. The molecular weight excluding hydrogens is 317 g/mol. The van der Waals surface area contributed by atoms with Crippen LogP contribution in [-0.2, 0) is 0 Å². The Kier molecular flexibility index (Phi) is 3.82. The minimum atomic E-state index is -2.67. The molecule has 0 saturated heterocycles. The lowest BCUT2D eigenvalue weighted by atomic mass is 9.88. The van der Waals surface area contributed by atoms with E-state index < -0.39 is 17.9 Å². The second-order valence-corrected chi connectivity index (χ2v) is 7.47. The van der Waals surface area contributed by atoms with Gasteiger partial charge in [-0.3, -0.25) is 4.79 Å². The first-order chi connectivity index (χ1) is 11.4. The number of carbonyl (C=O) groups excluding carboxylic acids is 1. The van der Waals surface area contributed by atoms with Gasteiger partial charge in [-0.1, -0.05) is 0 Å². The number of hydrogen-bond acceptors (Lipinski definition) is 2. The highest BCUT2D eigenvalue weighted by Gasteiger charge is 2.46. The molecule has 3 aliphatic carbocycles. The SMILES string of the molecule is O=C(NC1CC(F)(F)C1)c1ccc(F)c([C@@H]2C[C@H]2NCC2CC2)c1. The van der Waals surface area contributed by atoms with Gasteiger partial charge in [0.05, 0.1) is 0 Å². The normalized spacial score (nSPS) is 28.3. The number of halogens is 3. The third-order valence-electron chi connectivity index (χ3n) is 5.24. The molecule has 6 heteroatoms. The first kappa shape index (κ1) is 15.9. The zero-order valence-corrected chi connectivity index (χ0v) is 13.3. The summed E-state index contributed by atoms with van der Waals surface area (Å²) in [5, 5.41) is 6.05. The zero-order chi connectivity index (χ0) is 16.9. The van der Waals surface area contributed by atoms with Crippen LogP contribution in [0.2, 0.25) is 0 Å². The topological polar surface area (TPSA) is 41.1 Å². The number of amides is 1. The van der Waals surface area contributed by atoms with Crippen LogP contribution in [0.4, 0.5) is 13.2 Å². The average Bonchev–Trinajstić information content (AvgIpc) is 3.38. The predicted molar refractivity (Wildman–Crippen MR) is 83.7 cm³/mol. The lowest BCUT2D eigenvalue weighted by Crippen LogP contribution is -2.50. The molecule has 3 fully saturated rings. The maximum absolute atomic E-state index is 14.1. The van der Waals surface area contributed by atoms with E-state index in [1.807, 2.05) is 0 Å². The largest absolute Gasteiger partial charge is 0.349 e. The molecule has 1 aromatic rings. The lowest BCUT2D eigenvalue weighted by Gasteiger charge is -2.35. The van der Waals surface area contributed by atoms with E-state index in [1.165, 1.54) is 25.0 Å². The minimum absolute atomic E-state index is 0.101. The summed E-state index contributed by atoms with van der Waals surface area (Å²) in [5.74, 6) is -2.50. The second-order valence-electron chi connectivity index (χ2n) is 7.47. The standard InChI is InChI=1S/C18H21F3N2O/c19-15-4-3-11(17(24)23-12-7-18(20,21)8-12)5-13(15)14-6-16(14)22-9-10-1-2-10/h3-5,10,12,14,16,22H,1-2,6-9H2,(H,23,24)/t14-,16+/m0/s1. The van der Waals surface area contributed by atoms with Gasteiger partial charge in [-0.05, 0) is 55.5 Å². The van der Waals surface area contributed by atoms with Gasteiger partial charge in [0.1, 0.15) is 5.82 Å². The van der Waals surface area contributed by atoms with Crippen molar-refractivity contribution >= 4 is 5.91 Å². The van der Waals surface area contributed by atoms with E-state index in [-0.39, 0.29) is 30.6 Å². The minimum Gasteiger partial charge on any atom is -0.349 e. The summed E-state index contributed by atoms with van der Waals surface area (Å²) in [4.78, 5) is 12.2. The Morgan fingerprint density at radius 2 is 2.00 bits per heavy atom. The third-order valence-corrected chi connectivity index (χ3v) is 5.24. The summed E-state index contributed by atoms with van der Waals surface area (Å²) in [5.41, 5.74) is 0.893. The van der Waals surface area contributed by atoms with Crippen molar-refractivity contribution in [2.45, 2.75) is 56.0 Å². The molecule has 2 atom stereocenters. The van der Waals surface area contributed by atoms with Crippen molar-refractivity contribution in [2.24, 2.45) is 5.92 Å². The number of rotatable bonds is 6. The molecule has 0 unspecified atom stereocenters. The number of hydrogen-bond donors (Lipinski definition) is 2. The van der Waals surface area contributed by atoms with E-state index >= 15 is 0 Å². The fourth-order valence-corrected chi connectivity index (χ4v) is 3.41. The van der Waals surface area contributed by atoms with Gasteiger partial charge in [0.25, 0.3) is 11.8 Å². The van der Waals surface area contributed by atoms with Crippen LogP contribution in [-0.4, -0.2) is 30.5 Å². The molecule has 0 heterocycles. The molecule has 3 nitrogen and oxygen atoms in total. The maximum Gasteiger partial charge on any atom is 0.252 e. The monoisotopic (exact) mass is 338 g/mol. The summed E-state index contributed by atoms with van der Waals surface area (Å²) < 4.78 is 39.8. The van der Waals surface area contributed by atoms with E-state index in [4.69, 9.17) is 0 Å². The predicted octanol–water partition coefficient (Wildman–Crippen LogP) is 3.21. The summed E-state index contributed by atoms with van der Waals surface area (Å²) in [7, 11) is 0. The van der Waals surface area contributed by atoms with Crippen molar-refractivity contribution < 1.29 is 18.0 Å². The highest BCUT2D eigenvalue weighted by Crippen LogP contribution is 2.43. The lowest BCUT2D eigenvalue weighted by molar-refractivity contribution is -0.0901. The number of benzene rings is 1. The van der Waals surface area contributed by atoms with Crippen LogP contribution in [0.1, 0.15) is 53.9 Å². The fraction of sp³-hybridized carbons (Fsp3) is 0.611. The van der Waals surface area contributed by atoms with E-state index in [0.29, 0.717) is 11.1 Å². The van der Waals surface area contributed by atoms with E-state index in [9.17, 15) is 18.0 Å². The van der Waals surface area contributed by atoms with Crippen molar-refractivity contribution in [3.8, 4) is 0 Å². The molecule has 4 rings (SSSR count). The Morgan fingerprint density at radius 3 is 2.67 bits per heavy atom. The molecular formula is C18H21F3N2O. The smallest absolute Gasteiger partial charge is 0.252 e. The van der Waals surface area contributed by atoms with Crippen LogP contribution in [0.15, 0.2) is 18.2 Å². The number of nitrogens with one attached hydrogen (secondary N) is 2. The molecule has 0 spiro atoms. The Hall–Kier alpha value is -1.56. The molecule has 1 amide bonds. The summed E-state index contributed by atoms with van der Waals surface area (Å²) in [6.07, 6.45) is 2.79. The Labute approximate surface area is 139 Å². The molecule has 1 aromatic carbocycles. The fourth-order valence-electron chi connectivity index (χ4n) is 3.41. The van der Waals surface area contributed by atoms with Gasteiger partial charge in [-0.2, -0.15) is 0 Å². The molecule has 0 radical (unpaired) electrons. The summed E-state index contributed by atoms with van der Waals surface area (Å²) >= 11 is 0. The van der Waals surface area contributed by atoms with Gasteiger partial charge >= 0.3 is 0 Å². The van der Waals surface area contributed by atoms with Crippen LogP contribution in [0.25, 0.3) is 0 Å². The van der Waals surface area contributed by atoms with Crippen LogP contribution in [0, 0.1) is 11.7 Å². The first-order valence-electron chi connectivity index (χ1n) is 8.63. The van der Waals surface area contributed by atoms with Gasteiger partial charge in [-0.25, -0.2) is 13.2 Å². The van der Waals surface area contributed by atoms with Crippen LogP contribution >= 0.6 is 0 Å². The summed E-state index contributed by atoms with van der Waals surface area (Å²) in [6, 6.07) is 4.08. The Bertz CT molecular complexity index is 652. The molecule has 0 bridgehead atoms. The van der Waals surface area contributed by atoms with Crippen molar-refractivity contribution in [3.05, 3.63) is 35.1 Å². The van der Waals surface area contributed by atoms with Crippen LogP contribution < -0.4 is 10.6 Å². The molecule has 2 N–H and O–H groups in total.